The molecule has 1 heterocycles. The number of halogens is 1. The molecular formula is C13H19BrN2O3. The molecule has 5 nitrogen and oxygen atoms in total. The van der Waals surface area contributed by atoms with Gasteiger partial charge in [0.05, 0.1) is 11.4 Å². The number of alkyl halides is 1. The van der Waals surface area contributed by atoms with Crippen molar-refractivity contribution in [2.24, 2.45) is 7.05 Å². The zero-order chi connectivity index (χ0) is 14.4. The third kappa shape index (κ3) is 4.54. The molecule has 106 valence electrons. The summed E-state index contributed by atoms with van der Waals surface area (Å²) in [6, 6.07) is 1.55. The third-order valence-electron chi connectivity index (χ3n) is 2.80. The van der Waals surface area contributed by atoms with Gasteiger partial charge in [-0.2, -0.15) is 5.10 Å². The molecule has 1 aromatic heterocycles. The number of aryl methyl sites for hydroxylation is 1. The lowest BCUT2D eigenvalue weighted by Gasteiger charge is -2.09. The van der Waals surface area contributed by atoms with E-state index < -0.39 is 0 Å². The first-order chi connectivity index (χ1) is 8.99. The van der Waals surface area contributed by atoms with E-state index in [4.69, 9.17) is 4.74 Å². The summed E-state index contributed by atoms with van der Waals surface area (Å²) in [5.41, 5.74) is 0.786. The van der Waals surface area contributed by atoms with Crippen molar-refractivity contribution in [2.75, 3.05) is 11.9 Å². The van der Waals surface area contributed by atoms with Crippen molar-refractivity contribution >= 4 is 27.5 Å². The normalized spacial score (nSPS) is 12.4. The summed E-state index contributed by atoms with van der Waals surface area (Å²) in [4.78, 5) is 23.6. The van der Waals surface area contributed by atoms with Gasteiger partial charge < -0.3 is 4.74 Å². The van der Waals surface area contributed by atoms with Crippen LogP contribution in [0.1, 0.15) is 47.7 Å². The average Bonchev–Trinajstić information content (AvgIpc) is 2.77. The van der Waals surface area contributed by atoms with E-state index in [0.29, 0.717) is 30.8 Å². The van der Waals surface area contributed by atoms with Crippen molar-refractivity contribution < 1.29 is 14.3 Å². The van der Waals surface area contributed by atoms with Crippen LogP contribution in [0.3, 0.4) is 0 Å². The lowest BCUT2D eigenvalue weighted by molar-refractivity contribution is 0.0649. The first-order valence-corrected chi connectivity index (χ1v) is 7.39. The van der Waals surface area contributed by atoms with Crippen LogP contribution in [-0.2, 0) is 11.8 Å². The Morgan fingerprint density at radius 2 is 2.16 bits per heavy atom. The molecule has 0 aliphatic carbocycles. The van der Waals surface area contributed by atoms with Crippen LogP contribution in [0, 0.1) is 0 Å². The molecule has 1 rings (SSSR count). The van der Waals surface area contributed by atoms with E-state index in [9.17, 15) is 9.59 Å². The van der Waals surface area contributed by atoms with Gasteiger partial charge in [-0.15, -0.1) is 0 Å². The molecule has 0 aliphatic heterocycles. The molecule has 1 aromatic rings. The molecule has 1 unspecified atom stereocenters. The maximum absolute atomic E-state index is 12.0. The van der Waals surface area contributed by atoms with Gasteiger partial charge in [-0.05, 0) is 26.3 Å². The zero-order valence-electron chi connectivity index (χ0n) is 11.5. The highest BCUT2D eigenvalue weighted by atomic mass is 79.9. The largest absolute Gasteiger partial charge is 0.379 e. The molecule has 0 spiro atoms. The van der Waals surface area contributed by atoms with Gasteiger partial charge in [-0.25, -0.2) is 0 Å². The SMILES string of the molecule is CCOC(C)CCC(=O)c1cc(C(=O)CBr)n(C)n1. The van der Waals surface area contributed by atoms with E-state index in [0.717, 1.165) is 0 Å². The Morgan fingerprint density at radius 1 is 1.47 bits per heavy atom. The van der Waals surface area contributed by atoms with Crippen molar-refractivity contribution in [1.82, 2.24) is 9.78 Å². The molecule has 0 fully saturated rings. The van der Waals surface area contributed by atoms with Gasteiger partial charge in [0.25, 0.3) is 0 Å². The number of Topliss-reactive ketones (excluding diaryl/α,β-unsaturated/α-hetero) is 2. The predicted molar refractivity (Wildman–Crippen MR) is 76.0 cm³/mol. The van der Waals surface area contributed by atoms with Gasteiger partial charge in [-0.3, -0.25) is 14.3 Å². The van der Waals surface area contributed by atoms with Crippen LogP contribution < -0.4 is 0 Å². The smallest absolute Gasteiger partial charge is 0.191 e. The number of hydrogen-bond donors (Lipinski definition) is 0. The third-order valence-corrected chi connectivity index (χ3v) is 3.31. The Labute approximate surface area is 121 Å². The average molecular weight is 331 g/mol. The summed E-state index contributed by atoms with van der Waals surface area (Å²) >= 11 is 3.11. The van der Waals surface area contributed by atoms with Gasteiger partial charge in [0.15, 0.2) is 11.6 Å². The number of rotatable bonds is 8. The summed E-state index contributed by atoms with van der Waals surface area (Å²) in [5, 5.41) is 4.31. The van der Waals surface area contributed by atoms with Crippen LogP contribution in [0.25, 0.3) is 0 Å². The first-order valence-electron chi connectivity index (χ1n) is 6.27. The monoisotopic (exact) mass is 330 g/mol. The topological polar surface area (TPSA) is 61.2 Å². The maximum atomic E-state index is 12.0. The lowest BCUT2D eigenvalue weighted by Crippen LogP contribution is -2.11. The Bertz CT molecular complexity index is 457. The number of carbonyl (C=O) groups excluding carboxylic acids is 2. The molecule has 19 heavy (non-hydrogen) atoms. The van der Waals surface area contributed by atoms with Crippen LogP contribution >= 0.6 is 15.9 Å². The first kappa shape index (κ1) is 16.0. The Balaban J connectivity index is 2.65. The molecule has 0 aromatic carbocycles. The lowest BCUT2D eigenvalue weighted by atomic mass is 10.1. The fraction of sp³-hybridized carbons (Fsp3) is 0.615. The van der Waals surface area contributed by atoms with Gasteiger partial charge in [-0.1, -0.05) is 15.9 Å². The van der Waals surface area contributed by atoms with Crippen LogP contribution in [0.15, 0.2) is 6.07 Å². The van der Waals surface area contributed by atoms with E-state index in [1.54, 1.807) is 13.1 Å². The molecule has 0 aliphatic rings. The van der Waals surface area contributed by atoms with Crippen LogP contribution in [0.2, 0.25) is 0 Å². The van der Waals surface area contributed by atoms with Crippen LogP contribution in [0.5, 0.6) is 0 Å². The summed E-state index contributed by atoms with van der Waals surface area (Å²) in [6.07, 6.45) is 1.09. The van der Waals surface area contributed by atoms with Crippen molar-refractivity contribution in [3.8, 4) is 0 Å². The van der Waals surface area contributed by atoms with E-state index in [-0.39, 0.29) is 23.0 Å². The Morgan fingerprint density at radius 3 is 2.74 bits per heavy atom. The van der Waals surface area contributed by atoms with Gasteiger partial charge >= 0.3 is 0 Å². The summed E-state index contributed by atoms with van der Waals surface area (Å²) < 4.78 is 6.82. The van der Waals surface area contributed by atoms with Gasteiger partial charge in [0.2, 0.25) is 0 Å². The highest BCUT2D eigenvalue weighted by Crippen LogP contribution is 2.11. The molecule has 0 N–H and O–H groups in total. The highest BCUT2D eigenvalue weighted by molar-refractivity contribution is 9.09. The molecule has 0 saturated heterocycles. The minimum absolute atomic E-state index is 0.0568. The summed E-state index contributed by atoms with van der Waals surface area (Å²) in [6.45, 7) is 4.51. The van der Waals surface area contributed by atoms with E-state index in [1.807, 2.05) is 13.8 Å². The molecule has 0 bridgehead atoms. The Hall–Kier alpha value is -1.01. The number of ether oxygens (including phenoxy) is 1. The van der Waals surface area contributed by atoms with Crippen molar-refractivity contribution in [3.63, 3.8) is 0 Å². The quantitative estimate of drug-likeness (QED) is 0.542. The molecule has 0 amide bonds. The number of carbonyl (C=O) groups is 2. The Kier molecular flexibility index (Phi) is 6.37. The fourth-order valence-electron chi connectivity index (χ4n) is 1.76. The second-order valence-electron chi connectivity index (χ2n) is 4.32. The zero-order valence-corrected chi connectivity index (χ0v) is 13.1. The van der Waals surface area contributed by atoms with E-state index in [2.05, 4.69) is 21.0 Å². The predicted octanol–water partition coefficient (Wildman–Crippen LogP) is 2.39. The van der Waals surface area contributed by atoms with Crippen LogP contribution in [-0.4, -0.2) is 39.4 Å². The standard InChI is InChI=1S/C13H19BrN2O3/c1-4-19-9(2)5-6-12(17)10-7-11(13(18)8-14)16(3)15-10/h7,9H,4-6,8H2,1-3H3. The number of ketones is 2. The van der Waals surface area contributed by atoms with Gasteiger partial charge in [0, 0.05) is 20.1 Å². The number of nitrogens with zero attached hydrogens (tertiary/aromatic N) is 2. The molecular weight excluding hydrogens is 312 g/mol. The second kappa shape index (κ2) is 7.55. The number of hydrogen-bond acceptors (Lipinski definition) is 4. The van der Waals surface area contributed by atoms with Crippen LogP contribution in [0.4, 0.5) is 0 Å². The van der Waals surface area contributed by atoms with Crippen molar-refractivity contribution in [3.05, 3.63) is 17.5 Å². The highest BCUT2D eigenvalue weighted by Gasteiger charge is 2.17. The maximum Gasteiger partial charge on any atom is 0.191 e. The molecule has 0 saturated carbocycles. The summed E-state index contributed by atoms with van der Waals surface area (Å²) in [7, 11) is 1.66. The molecule has 0 radical (unpaired) electrons. The van der Waals surface area contributed by atoms with Gasteiger partial charge in [0.1, 0.15) is 11.4 Å². The summed E-state index contributed by atoms with van der Waals surface area (Å²) in [5.74, 6) is -0.146. The van der Waals surface area contributed by atoms with Crippen molar-refractivity contribution in [2.45, 2.75) is 32.8 Å². The fourth-order valence-corrected chi connectivity index (χ4v) is 2.05. The second-order valence-corrected chi connectivity index (χ2v) is 4.88. The van der Waals surface area contributed by atoms with E-state index >= 15 is 0 Å². The number of aromatic nitrogens is 2. The minimum atomic E-state index is -0.0864. The van der Waals surface area contributed by atoms with Crippen molar-refractivity contribution in [1.29, 1.82) is 0 Å². The molecule has 1 atom stereocenters. The minimum Gasteiger partial charge on any atom is -0.379 e. The van der Waals surface area contributed by atoms with E-state index in [1.165, 1.54) is 4.68 Å². The molecule has 6 heteroatoms.